The van der Waals surface area contributed by atoms with E-state index in [2.05, 4.69) is 30.6 Å². The second-order valence-electron chi connectivity index (χ2n) is 6.18. The van der Waals surface area contributed by atoms with Gasteiger partial charge in [0, 0.05) is 25.0 Å². The highest BCUT2D eigenvalue weighted by Crippen LogP contribution is 2.29. The zero-order valence-corrected chi connectivity index (χ0v) is 15.0. The maximum atomic E-state index is 4.75. The standard InChI is InChI=1S/C17H19N9/c1-9-13-16(19-10(2)14-20-11(3)23-24-14)21-15(12-5-7-18-8-6-12)22-17(13)26(4)25-9/h5-8,10H,1-4H3,(H,19,21,22)(H,20,23,24)/t10-/m1/s1. The predicted octanol–water partition coefficient (Wildman–Crippen LogP) is 2.33. The fourth-order valence-electron chi connectivity index (χ4n) is 2.90. The third-order valence-electron chi connectivity index (χ3n) is 4.15. The number of fused-ring (bicyclic) bond motifs is 1. The van der Waals surface area contributed by atoms with Crippen molar-refractivity contribution in [3.05, 3.63) is 41.9 Å². The lowest BCUT2D eigenvalue weighted by atomic mass is 10.2. The molecule has 26 heavy (non-hydrogen) atoms. The number of hydrogen-bond donors (Lipinski definition) is 2. The fourth-order valence-corrected chi connectivity index (χ4v) is 2.90. The molecule has 1 atom stereocenters. The molecule has 0 fully saturated rings. The Kier molecular flexibility index (Phi) is 3.83. The normalized spacial score (nSPS) is 12.5. The smallest absolute Gasteiger partial charge is 0.172 e. The van der Waals surface area contributed by atoms with Crippen LogP contribution in [-0.2, 0) is 7.05 Å². The Labute approximate surface area is 149 Å². The number of rotatable bonds is 4. The average molecular weight is 349 g/mol. The number of anilines is 1. The molecule has 0 unspecified atom stereocenters. The van der Waals surface area contributed by atoms with Gasteiger partial charge in [0.2, 0.25) is 0 Å². The Balaban J connectivity index is 1.84. The first kappa shape index (κ1) is 16.1. The summed E-state index contributed by atoms with van der Waals surface area (Å²) in [7, 11) is 1.88. The van der Waals surface area contributed by atoms with E-state index in [1.54, 1.807) is 17.1 Å². The number of aromatic nitrogens is 8. The van der Waals surface area contributed by atoms with Crippen LogP contribution in [0.2, 0.25) is 0 Å². The molecule has 132 valence electrons. The highest BCUT2D eigenvalue weighted by Gasteiger charge is 2.19. The minimum absolute atomic E-state index is 0.122. The van der Waals surface area contributed by atoms with Crippen LogP contribution < -0.4 is 5.32 Å². The summed E-state index contributed by atoms with van der Waals surface area (Å²) < 4.78 is 1.77. The van der Waals surface area contributed by atoms with E-state index in [4.69, 9.17) is 9.97 Å². The molecule has 0 aliphatic rings. The van der Waals surface area contributed by atoms with Gasteiger partial charge in [0.25, 0.3) is 0 Å². The molecular weight excluding hydrogens is 330 g/mol. The van der Waals surface area contributed by atoms with Gasteiger partial charge in [0.1, 0.15) is 11.6 Å². The zero-order valence-electron chi connectivity index (χ0n) is 15.0. The summed E-state index contributed by atoms with van der Waals surface area (Å²) in [6, 6.07) is 3.65. The Morgan fingerprint density at radius 2 is 1.88 bits per heavy atom. The van der Waals surface area contributed by atoms with Crippen molar-refractivity contribution in [1.29, 1.82) is 0 Å². The molecule has 4 heterocycles. The van der Waals surface area contributed by atoms with Crippen molar-refractivity contribution in [2.24, 2.45) is 7.05 Å². The molecule has 2 N–H and O–H groups in total. The maximum Gasteiger partial charge on any atom is 0.172 e. The van der Waals surface area contributed by atoms with Crippen molar-refractivity contribution in [2.45, 2.75) is 26.8 Å². The highest BCUT2D eigenvalue weighted by molar-refractivity contribution is 5.91. The van der Waals surface area contributed by atoms with Gasteiger partial charge in [-0.15, -0.1) is 0 Å². The minimum atomic E-state index is -0.122. The van der Waals surface area contributed by atoms with Crippen molar-refractivity contribution in [3.63, 3.8) is 0 Å². The van der Waals surface area contributed by atoms with Crippen LogP contribution in [0, 0.1) is 13.8 Å². The zero-order chi connectivity index (χ0) is 18.3. The molecule has 0 radical (unpaired) electrons. The first-order chi connectivity index (χ1) is 12.5. The molecule has 9 nitrogen and oxygen atoms in total. The highest BCUT2D eigenvalue weighted by atomic mass is 15.3. The van der Waals surface area contributed by atoms with Gasteiger partial charge in [0.05, 0.1) is 17.1 Å². The van der Waals surface area contributed by atoms with Crippen molar-refractivity contribution < 1.29 is 0 Å². The van der Waals surface area contributed by atoms with Crippen LogP contribution in [0.4, 0.5) is 5.82 Å². The molecule has 0 saturated carbocycles. The van der Waals surface area contributed by atoms with Crippen LogP contribution in [-0.4, -0.2) is 39.9 Å². The van der Waals surface area contributed by atoms with E-state index in [1.165, 1.54) is 0 Å². The van der Waals surface area contributed by atoms with Crippen LogP contribution in [0.15, 0.2) is 24.5 Å². The fraction of sp³-hybridized carbons (Fsp3) is 0.294. The second-order valence-corrected chi connectivity index (χ2v) is 6.18. The summed E-state index contributed by atoms with van der Waals surface area (Å²) in [6.45, 7) is 5.82. The van der Waals surface area contributed by atoms with E-state index < -0.39 is 0 Å². The summed E-state index contributed by atoms with van der Waals surface area (Å²) in [5.41, 5.74) is 2.53. The summed E-state index contributed by atoms with van der Waals surface area (Å²) in [6.07, 6.45) is 3.45. The minimum Gasteiger partial charge on any atom is -0.360 e. The molecule has 0 aliphatic heterocycles. The van der Waals surface area contributed by atoms with E-state index in [1.807, 2.05) is 40.0 Å². The van der Waals surface area contributed by atoms with Gasteiger partial charge in [-0.3, -0.25) is 14.8 Å². The van der Waals surface area contributed by atoms with Gasteiger partial charge >= 0.3 is 0 Å². The van der Waals surface area contributed by atoms with Crippen molar-refractivity contribution >= 4 is 16.9 Å². The first-order valence-corrected chi connectivity index (χ1v) is 8.30. The van der Waals surface area contributed by atoms with E-state index in [0.29, 0.717) is 17.5 Å². The SMILES string of the molecule is Cc1nc([C@@H](C)Nc2nc(-c3ccncc3)nc3c2c(C)nn3C)n[nH]1. The third kappa shape index (κ3) is 2.77. The van der Waals surface area contributed by atoms with Crippen LogP contribution in [0.25, 0.3) is 22.4 Å². The summed E-state index contributed by atoms with van der Waals surface area (Å²) in [5, 5.41) is 15.9. The third-order valence-corrected chi connectivity index (χ3v) is 4.15. The first-order valence-electron chi connectivity index (χ1n) is 8.30. The number of hydrogen-bond acceptors (Lipinski definition) is 7. The maximum absolute atomic E-state index is 4.75. The molecule has 0 saturated heterocycles. The molecule has 4 rings (SSSR count). The Morgan fingerprint density at radius 3 is 2.58 bits per heavy atom. The number of nitrogens with one attached hydrogen (secondary N) is 2. The van der Waals surface area contributed by atoms with E-state index >= 15 is 0 Å². The van der Waals surface area contributed by atoms with E-state index in [9.17, 15) is 0 Å². The molecule has 4 aromatic heterocycles. The Bertz CT molecular complexity index is 1060. The van der Waals surface area contributed by atoms with Crippen LogP contribution in [0.3, 0.4) is 0 Å². The Hall–Kier alpha value is -3.36. The molecular formula is C17H19N9. The van der Waals surface area contributed by atoms with Crippen LogP contribution in [0.1, 0.15) is 30.3 Å². The van der Waals surface area contributed by atoms with Gasteiger partial charge in [0.15, 0.2) is 17.3 Å². The number of nitrogens with zero attached hydrogens (tertiary/aromatic N) is 7. The Morgan fingerprint density at radius 1 is 1.12 bits per heavy atom. The van der Waals surface area contributed by atoms with E-state index in [-0.39, 0.29) is 6.04 Å². The number of aryl methyl sites for hydroxylation is 3. The largest absolute Gasteiger partial charge is 0.360 e. The number of H-pyrrole nitrogens is 1. The van der Waals surface area contributed by atoms with Gasteiger partial charge in [-0.25, -0.2) is 15.0 Å². The van der Waals surface area contributed by atoms with Crippen molar-refractivity contribution in [2.75, 3.05) is 5.32 Å². The lowest BCUT2D eigenvalue weighted by molar-refractivity contribution is 0.773. The van der Waals surface area contributed by atoms with E-state index in [0.717, 1.165) is 28.1 Å². The van der Waals surface area contributed by atoms with Gasteiger partial charge < -0.3 is 5.32 Å². The lowest BCUT2D eigenvalue weighted by Gasteiger charge is -2.13. The molecule has 0 bridgehead atoms. The number of aromatic amines is 1. The summed E-state index contributed by atoms with van der Waals surface area (Å²) >= 11 is 0. The molecule has 9 heteroatoms. The molecule has 0 spiro atoms. The lowest BCUT2D eigenvalue weighted by Crippen LogP contribution is -2.11. The molecule has 4 aromatic rings. The average Bonchev–Trinajstić information content (AvgIpc) is 3.19. The van der Waals surface area contributed by atoms with Crippen LogP contribution in [0.5, 0.6) is 0 Å². The molecule has 0 aliphatic carbocycles. The van der Waals surface area contributed by atoms with Crippen LogP contribution >= 0.6 is 0 Å². The quantitative estimate of drug-likeness (QED) is 0.582. The van der Waals surface area contributed by atoms with Crippen molar-refractivity contribution in [1.82, 2.24) is 39.9 Å². The molecule has 0 aromatic carbocycles. The monoisotopic (exact) mass is 349 g/mol. The molecule has 0 amide bonds. The number of pyridine rings is 1. The summed E-state index contributed by atoms with van der Waals surface area (Å²) in [5.74, 6) is 2.78. The predicted molar refractivity (Wildman–Crippen MR) is 97.4 cm³/mol. The van der Waals surface area contributed by atoms with Gasteiger partial charge in [-0.05, 0) is 32.9 Å². The topological polar surface area (TPSA) is 110 Å². The van der Waals surface area contributed by atoms with Crippen molar-refractivity contribution in [3.8, 4) is 11.4 Å². The second kappa shape index (κ2) is 6.17. The van der Waals surface area contributed by atoms with Gasteiger partial charge in [-0.1, -0.05) is 0 Å². The summed E-state index contributed by atoms with van der Waals surface area (Å²) in [4.78, 5) is 17.9. The van der Waals surface area contributed by atoms with Gasteiger partial charge in [-0.2, -0.15) is 10.2 Å².